The van der Waals surface area contributed by atoms with Gasteiger partial charge < -0.3 is 40.3 Å². The summed E-state index contributed by atoms with van der Waals surface area (Å²) in [5.41, 5.74) is 0. The van der Waals surface area contributed by atoms with Gasteiger partial charge in [0, 0.05) is 6.42 Å². The maximum absolute atomic E-state index is 12.9. The van der Waals surface area contributed by atoms with Crippen molar-refractivity contribution in [2.45, 2.75) is 230 Å². The van der Waals surface area contributed by atoms with E-state index in [4.69, 9.17) is 9.47 Å². The number of ether oxygens (including phenoxy) is 2. The lowest BCUT2D eigenvalue weighted by Crippen LogP contribution is -2.60. The average Bonchev–Trinajstić information content (AvgIpc) is 3.08. The van der Waals surface area contributed by atoms with E-state index in [-0.39, 0.29) is 12.5 Å². The summed E-state index contributed by atoms with van der Waals surface area (Å²) in [6.45, 7) is 3.81. The van der Waals surface area contributed by atoms with Crippen molar-refractivity contribution in [3.63, 3.8) is 0 Å². The Morgan fingerprint density at radius 3 is 1.48 bits per heavy atom. The SMILES string of the molecule is CCCCCCCCCCCCCCCCC(=O)N[C@@H](CO[C@@H]1O[C@H](CO)[C@H](O)C(O)C1O)[C@H](O)CCCCCCCCCCCCC. The second-order valence-corrected chi connectivity index (χ2v) is 14.4. The highest BCUT2D eigenvalue weighted by Crippen LogP contribution is 2.23. The van der Waals surface area contributed by atoms with Crippen LogP contribution in [-0.4, -0.2) is 87.5 Å². The molecule has 1 heterocycles. The molecule has 0 aromatic rings. The van der Waals surface area contributed by atoms with E-state index >= 15 is 0 Å². The van der Waals surface area contributed by atoms with Crippen LogP contribution in [0.3, 0.4) is 0 Å². The number of hydrogen-bond acceptors (Lipinski definition) is 8. The van der Waals surface area contributed by atoms with Crippen LogP contribution in [0, 0.1) is 0 Å². The molecule has 0 aromatic carbocycles. The van der Waals surface area contributed by atoms with Crippen LogP contribution in [-0.2, 0) is 14.3 Å². The van der Waals surface area contributed by atoms with Gasteiger partial charge in [0.25, 0.3) is 0 Å². The van der Waals surface area contributed by atoms with E-state index in [2.05, 4.69) is 19.2 Å². The van der Waals surface area contributed by atoms with E-state index in [1.807, 2.05) is 0 Å². The van der Waals surface area contributed by atoms with Crippen LogP contribution in [0.25, 0.3) is 0 Å². The zero-order chi connectivity index (χ0) is 35.2. The second-order valence-electron chi connectivity index (χ2n) is 14.4. The Labute approximate surface area is 294 Å². The molecular weight excluding hydrogens is 610 g/mol. The maximum Gasteiger partial charge on any atom is 0.220 e. The lowest BCUT2D eigenvalue weighted by molar-refractivity contribution is -0.302. The molecule has 0 spiro atoms. The van der Waals surface area contributed by atoms with E-state index in [1.165, 1.54) is 122 Å². The average molecular weight is 688 g/mol. The highest BCUT2D eigenvalue weighted by molar-refractivity contribution is 5.76. The Kier molecular flexibility index (Phi) is 29.2. The standard InChI is InChI=1S/C39H77NO8/c1-3-5-7-9-11-13-15-16-17-19-21-23-25-27-29-35(43)40-32(31-47-39-38(46)37(45)36(44)34(30-41)48-39)33(42)28-26-24-22-20-18-14-12-10-8-6-4-2/h32-34,36-39,41-42,44-46H,3-31H2,1-2H3,(H,40,43)/t32-,33+,34+,36-,37?,38?,39+/m0/s1. The molecule has 9 heteroatoms. The van der Waals surface area contributed by atoms with Gasteiger partial charge in [-0.05, 0) is 12.8 Å². The van der Waals surface area contributed by atoms with Crippen molar-refractivity contribution in [2.75, 3.05) is 13.2 Å². The summed E-state index contributed by atoms with van der Waals surface area (Å²) < 4.78 is 11.2. The highest BCUT2D eigenvalue weighted by atomic mass is 16.7. The molecule has 1 aliphatic rings. The molecule has 0 bridgehead atoms. The van der Waals surface area contributed by atoms with Gasteiger partial charge in [0.1, 0.15) is 24.4 Å². The molecule has 0 saturated carbocycles. The number of carbonyl (C=O) groups excluding carboxylic acids is 1. The quantitative estimate of drug-likeness (QED) is 0.0396. The van der Waals surface area contributed by atoms with Crippen molar-refractivity contribution >= 4 is 5.91 Å². The number of aliphatic hydroxyl groups is 5. The summed E-state index contributed by atoms with van der Waals surface area (Å²) in [4.78, 5) is 12.9. The lowest BCUT2D eigenvalue weighted by atomic mass is 9.99. The minimum Gasteiger partial charge on any atom is -0.394 e. The van der Waals surface area contributed by atoms with Crippen molar-refractivity contribution in [1.82, 2.24) is 5.32 Å². The first kappa shape index (κ1) is 45.2. The third-order valence-corrected chi connectivity index (χ3v) is 9.96. The molecule has 48 heavy (non-hydrogen) atoms. The molecule has 1 aliphatic heterocycles. The predicted octanol–water partition coefficient (Wildman–Crippen LogP) is 7.22. The number of aliphatic hydroxyl groups excluding tert-OH is 5. The number of amides is 1. The van der Waals surface area contributed by atoms with Gasteiger partial charge in [-0.15, -0.1) is 0 Å². The predicted molar refractivity (Wildman–Crippen MR) is 194 cm³/mol. The number of unbranched alkanes of at least 4 members (excludes halogenated alkanes) is 23. The molecular formula is C39H77NO8. The van der Waals surface area contributed by atoms with Gasteiger partial charge in [0.2, 0.25) is 5.91 Å². The van der Waals surface area contributed by atoms with Crippen LogP contribution in [0.1, 0.15) is 187 Å². The number of hydrogen-bond donors (Lipinski definition) is 6. The minimum absolute atomic E-state index is 0.133. The van der Waals surface area contributed by atoms with Gasteiger partial charge in [-0.3, -0.25) is 4.79 Å². The zero-order valence-corrected chi connectivity index (χ0v) is 31.0. The molecule has 1 fully saturated rings. The molecule has 0 aliphatic carbocycles. The third-order valence-electron chi connectivity index (χ3n) is 9.96. The van der Waals surface area contributed by atoms with Gasteiger partial charge in [0.05, 0.1) is 25.4 Å². The first-order valence-corrected chi connectivity index (χ1v) is 20.2. The van der Waals surface area contributed by atoms with Crippen molar-refractivity contribution in [1.29, 1.82) is 0 Å². The number of rotatable bonds is 33. The summed E-state index contributed by atoms with van der Waals surface area (Å²) in [6, 6.07) is -0.709. The van der Waals surface area contributed by atoms with Crippen LogP contribution in [0.5, 0.6) is 0 Å². The largest absolute Gasteiger partial charge is 0.394 e. The number of carbonyl (C=O) groups is 1. The molecule has 0 aromatic heterocycles. The molecule has 286 valence electrons. The second kappa shape index (κ2) is 31.0. The monoisotopic (exact) mass is 688 g/mol. The van der Waals surface area contributed by atoms with Gasteiger partial charge in [-0.1, -0.05) is 168 Å². The lowest BCUT2D eigenvalue weighted by Gasteiger charge is -2.40. The van der Waals surface area contributed by atoms with E-state index in [1.54, 1.807) is 0 Å². The highest BCUT2D eigenvalue weighted by Gasteiger charge is 2.44. The first-order valence-electron chi connectivity index (χ1n) is 20.2. The van der Waals surface area contributed by atoms with Gasteiger partial charge in [-0.25, -0.2) is 0 Å². The Morgan fingerprint density at radius 2 is 1.04 bits per heavy atom. The van der Waals surface area contributed by atoms with E-state index in [0.717, 1.165) is 38.5 Å². The molecule has 1 saturated heterocycles. The van der Waals surface area contributed by atoms with E-state index in [9.17, 15) is 30.3 Å². The summed E-state index contributed by atoms with van der Waals surface area (Å²) in [6.07, 6.45) is 23.9. The normalized spacial score (nSPS) is 22.5. The smallest absolute Gasteiger partial charge is 0.220 e. The molecule has 6 N–H and O–H groups in total. The maximum atomic E-state index is 12.9. The molecule has 1 amide bonds. The van der Waals surface area contributed by atoms with Crippen molar-refractivity contribution in [3.05, 3.63) is 0 Å². The fourth-order valence-corrected chi connectivity index (χ4v) is 6.63. The van der Waals surface area contributed by atoms with Gasteiger partial charge in [-0.2, -0.15) is 0 Å². The summed E-state index contributed by atoms with van der Waals surface area (Å²) in [5.74, 6) is -0.144. The van der Waals surface area contributed by atoms with Crippen LogP contribution < -0.4 is 5.32 Å². The first-order chi connectivity index (χ1) is 23.3. The minimum atomic E-state index is -1.55. The molecule has 2 unspecified atom stereocenters. The van der Waals surface area contributed by atoms with E-state index < -0.39 is 49.5 Å². The van der Waals surface area contributed by atoms with Crippen molar-refractivity contribution < 1.29 is 39.8 Å². The molecule has 7 atom stereocenters. The Morgan fingerprint density at radius 1 is 0.625 bits per heavy atom. The zero-order valence-electron chi connectivity index (χ0n) is 31.0. The fraction of sp³-hybridized carbons (Fsp3) is 0.974. The van der Waals surface area contributed by atoms with Crippen molar-refractivity contribution in [3.8, 4) is 0 Å². The summed E-state index contributed by atoms with van der Waals surface area (Å²) in [5, 5.41) is 54.1. The number of nitrogens with one attached hydrogen (secondary N) is 1. The van der Waals surface area contributed by atoms with Crippen LogP contribution in [0.15, 0.2) is 0 Å². The van der Waals surface area contributed by atoms with Crippen LogP contribution in [0.4, 0.5) is 0 Å². The van der Waals surface area contributed by atoms with Crippen molar-refractivity contribution in [2.24, 2.45) is 0 Å². The van der Waals surface area contributed by atoms with Crippen LogP contribution in [0.2, 0.25) is 0 Å². The third kappa shape index (κ3) is 22.1. The summed E-state index contributed by atoms with van der Waals surface area (Å²) >= 11 is 0. The van der Waals surface area contributed by atoms with E-state index in [0.29, 0.717) is 12.8 Å². The summed E-state index contributed by atoms with van der Waals surface area (Å²) in [7, 11) is 0. The van der Waals surface area contributed by atoms with Gasteiger partial charge in [0.15, 0.2) is 6.29 Å². The molecule has 0 radical (unpaired) electrons. The Balaban J connectivity index is 2.38. The van der Waals surface area contributed by atoms with Gasteiger partial charge >= 0.3 is 0 Å². The van der Waals surface area contributed by atoms with Crippen LogP contribution >= 0.6 is 0 Å². The Hall–Kier alpha value is -0.810. The molecule has 1 rings (SSSR count). The topological polar surface area (TPSA) is 149 Å². The Bertz CT molecular complexity index is 726. The fourth-order valence-electron chi connectivity index (χ4n) is 6.63. The molecule has 9 nitrogen and oxygen atoms in total.